The van der Waals surface area contributed by atoms with Crippen molar-refractivity contribution in [2.75, 3.05) is 7.05 Å². The van der Waals surface area contributed by atoms with Crippen LogP contribution in [0, 0.1) is 3.57 Å². The number of benzene rings is 1. The second-order valence-corrected chi connectivity index (χ2v) is 4.79. The van der Waals surface area contributed by atoms with E-state index in [-0.39, 0.29) is 6.04 Å². The van der Waals surface area contributed by atoms with E-state index in [4.69, 9.17) is 0 Å². The molecule has 1 heterocycles. The minimum atomic E-state index is 0.183. The first-order chi connectivity index (χ1) is 7.79. The molecular formula is C11H13IN4. The molecule has 1 aromatic heterocycles. The van der Waals surface area contributed by atoms with Gasteiger partial charge in [-0.05, 0) is 53.8 Å². The Bertz CT molecular complexity index is 424. The molecule has 0 saturated heterocycles. The van der Waals surface area contributed by atoms with Crippen LogP contribution in [-0.2, 0) is 6.42 Å². The predicted molar refractivity (Wildman–Crippen MR) is 71.0 cm³/mol. The van der Waals surface area contributed by atoms with E-state index in [1.165, 1.54) is 15.5 Å². The van der Waals surface area contributed by atoms with Crippen molar-refractivity contribution in [2.24, 2.45) is 0 Å². The summed E-state index contributed by atoms with van der Waals surface area (Å²) in [6.07, 6.45) is 2.44. The van der Waals surface area contributed by atoms with Gasteiger partial charge in [-0.1, -0.05) is 12.1 Å². The van der Waals surface area contributed by atoms with Gasteiger partial charge in [0.05, 0.1) is 6.04 Å². The highest BCUT2D eigenvalue weighted by atomic mass is 127. The molecule has 1 aromatic carbocycles. The van der Waals surface area contributed by atoms with Crippen molar-refractivity contribution in [3.63, 3.8) is 0 Å². The number of likely N-dealkylation sites (N-methyl/N-ethyl adjacent to an activating group) is 1. The molecule has 0 radical (unpaired) electrons. The summed E-state index contributed by atoms with van der Waals surface area (Å²) in [5.41, 5.74) is 1.29. The summed E-state index contributed by atoms with van der Waals surface area (Å²) >= 11 is 2.31. The molecule has 0 amide bonds. The van der Waals surface area contributed by atoms with Crippen LogP contribution >= 0.6 is 22.6 Å². The van der Waals surface area contributed by atoms with Gasteiger partial charge in [0.2, 0.25) is 0 Å². The van der Waals surface area contributed by atoms with Gasteiger partial charge in [-0.2, -0.15) is 5.10 Å². The lowest BCUT2D eigenvalue weighted by Gasteiger charge is -2.13. The first-order valence-corrected chi connectivity index (χ1v) is 6.14. The largest absolute Gasteiger partial charge is 0.310 e. The molecule has 0 aliphatic heterocycles. The summed E-state index contributed by atoms with van der Waals surface area (Å²) in [5, 5.41) is 10.00. The number of rotatable bonds is 4. The van der Waals surface area contributed by atoms with E-state index >= 15 is 0 Å². The molecule has 16 heavy (non-hydrogen) atoms. The van der Waals surface area contributed by atoms with Crippen molar-refractivity contribution >= 4 is 22.6 Å². The van der Waals surface area contributed by atoms with Crippen LogP contribution in [0.2, 0.25) is 0 Å². The molecule has 2 aromatic rings. The summed E-state index contributed by atoms with van der Waals surface area (Å²) < 4.78 is 1.25. The van der Waals surface area contributed by atoms with Gasteiger partial charge in [0.15, 0.2) is 0 Å². The van der Waals surface area contributed by atoms with Gasteiger partial charge in [-0.15, -0.1) is 0 Å². The third kappa shape index (κ3) is 2.79. The van der Waals surface area contributed by atoms with Crippen LogP contribution in [-0.4, -0.2) is 22.2 Å². The normalized spacial score (nSPS) is 12.6. The van der Waals surface area contributed by atoms with E-state index in [2.05, 4.69) is 67.4 Å². The summed E-state index contributed by atoms with van der Waals surface area (Å²) in [6, 6.07) is 8.69. The first-order valence-electron chi connectivity index (χ1n) is 5.06. The Kier molecular flexibility index (Phi) is 3.89. The number of hydrogen-bond donors (Lipinski definition) is 2. The minimum Gasteiger partial charge on any atom is -0.310 e. The van der Waals surface area contributed by atoms with Crippen LogP contribution in [0.25, 0.3) is 0 Å². The Morgan fingerprint density at radius 2 is 2.12 bits per heavy atom. The van der Waals surface area contributed by atoms with E-state index < -0.39 is 0 Å². The number of H-pyrrole nitrogens is 1. The average molecular weight is 328 g/mol. The molecule has 1 atom stereocenters. The summed E-state index contributed by atoms with van der Waals surface area (Å²) in [5.74, 6) is 0.876. The van der Waals surface area contributed by atoms with Gasteiger partial charge in [0.25, 0.3) is 0 Å². The quantitative estimate of drug-likeness (QED) is 0.843. The lowest BCUT2D eigenvalue weighted by atomic mass is 10.1. The fourth-order valence-corrected chi connectivity index (χ4v) is 1.93. The highest BCUT2D eigenvalue weighted by Gasteiger charge is 2.12. The Labute approximate surface area is 108 Å². The van der Waals surface area contributed by atoms with E-state index in [0.29, 0.717) is 0 Å². The highest BCUT2D eigenvalue weighted by molar-refractivity contribution is 14.1. The summed E-state index contributed by atoms with van der Waals surface area (Å²) in [7, 11) is 1.93. The number of halogens is 1. The number of aromatic amines is 1. The average Bonchev–Trinajstić information content (AvgIpc) is 2.82. The molecule has 4 nitrogen and oxygen atoms in total. The van der Waals surface area contributed by atoms with Gasteiger partial charge in [-0.25, -0.2) is 4.98 Å². The van der Waals surface area contributed by atoms with Crippen molar-refractivity contribution < 1.29 is 0 Å². The maximum atomic E-state index is 4.17. The van der Waals surface area contributed by atoms with Crippen LogP contribution in [0.15, 0.2) is 30.6 Å². The van der Waals surface area contributed by atoms with Crippen LogP contribution in [0.1, 0.15) is 17.4 Å². The zero-order valence-corrected chi connectivity index (χ0v) is 11.1. The molecule has 2 rings (SSSR count). The highest BCUT2D eigenvalue weighted by Crippen LogP contribution is 2.15. The number of hydrogen-bond acceptors (Lipinski definition) is 3. The molecule has 2 N–H and O–H groups in total. The monoisotopic (exact) mass is 328 g/mol. The molecule has 0 spiro atoms. The van der Waals surface area contributed by atoms with Crippen molar-refractivity contribution in [1.29, 1.82) is 0 Å². The fraction of sp³-hybridized carbons (Fsp3) is 0.273. The third-order valence-corrected chi connectivity index (χ3v) is 3.18. The molecule has 1 unspecified atom stereocenters. The number of nitrogens with one attached hydrogen (secondary N) is 2. The zero-order valence-electron chi connectivity index (χ0n) is 8.94. The van der Waals surface area contributed by atoms with E-state index in [1.807, 2.05) is 7.05 Å². The molecule has 5 heteroatoms. The van der Waals surface area contributed by atoms with Crippen LogP contribution in [0.3, 0.4) is 0 Å². The predicted octanol–water partition coefficient (Wildman–Crippen LogP) is 1.91. The Balaban J connectivity index is 2.10. The standard InChI is InChI=1S/C11H13IN4/c1-13-10(11-14-7-15-16-11)6-8-2-4-9(12)5-3-8/h2-5,7,10,13H,6H2,1H3,(H,14,15,16). The molecule has 84 valence electrons. The van der Waals surface area contributed by atoms with Crippen molar-refractivity contribution in [1.82, 2.24) is 20.5 Å². The third-order valence-electron chi connectivity index (χ3n) is 2.47. The number of nitrogens with zero attached hydrogens (tertiary/aromatic N) is 2. The molecular weight excluding hydrogens is 315 g/mol. The lowest BCUT2D eigenvalue weighted by Crippen LogP contribution is -2.20. The number of aromatic nitrogens is 3. The van der Waals surface area contributed by atoms with Gasteiger partial charge >= 0.3 is 0 Å². The van der Waals surface area contributed by atoms with E-state index in [9.17, 15) is 0 Å². The van der Waals surface area contributed by atoms with Gasteiger partial charge in [0, 0.05) is 3.57 Å². The summed E-state index contributed by atoms with van der Waals surface area (Å²) in [4.78, 5) is 4.17. The van der Waals surface area contributed by atoms with Crippen LogP contribution in [0.5, 0.6) is 0 Å². The van der Waals surface area contributed by atoms with E-state index in [0.717, 1.165) is 12.2 Å². The van der Waals surface area contributed by atoms with Gasteiger partial charge < -0.3 is 5.32 Å². The summed E-state index contributed by atoms with van der Waals surface area (Å²) in [6.45, 7) is 0. The Hall–Kier alpha value is -0.950. The maximum Gasteiger partial charge on any atom is 0.141 e. The van der Waals surface area contributed by atoms with Crippen LogP contribution in [0.4, 0.5) is 0 Å². The zero-order chi connectivity index (χ0) is 11.4. The molecule has 0 fully saturated rings. The molecule has 0 saturated carbocycles. The molecule has 0 aliphatic carbocycles. The lowest BCUT2D eigenvalue weighted by molar-refractivity contribution is 0.559. The second kappa shape index (κ2) is 5.40. The smallest absolute Gasteiger partial charge is 0.141 e. The first kappa shape index (κ1) is 11.5. The van der Waals surface area contributed by atoms with Crippen LogP contribution < -0.4 is 5.32 Å². The SMILES string of the molecule is CNC(Cc1ccc(I)cc1)c1ncn[nH]1. The minimum absolute atomic E-state index is 0.183. The Morgan fingerprint density at radius 1 is 1.38 bits per heavy atom. The topological polar surface area (TPSA) is 53.6 Å². The molecule has 0 aliphatic rings. The van der Waals surface area contributed by atoms with Crippen molar-refractivity contribution in [3.8, 4) is 0 Å². The van der Waals surface area contributed by atoms with Gasteiger partial charge in [-0.3, -0.25) is 5.10 Å². The second-order valence-electron chi connectivity index (χ2n) is 3.54. The van der Waals surface area contributed by atoms with Crippen molar-refractivity contribution in [2.45, 2.75) is 12.5 Å². The molecule has 0 bridgehead atoms. The van der Waals surface area contributed by atoms with E-state index in [1.54, 1.807) is 0 Å². The van der Waals surface area contributed by atoms with Gasteiger partial charge in [0.1, 0.15) is 12.2 Å². The Morgan fingerprint density at radius 3 is 2.69 bits per heavy atom. The maximum absolute atomic E-state index is 4.17. The fourth-order valence-electron chi connectivity index (χ4n) is 1.57. The van der Waals surface area contributed by atoms with Crippen molar-refractivity contribution in [3.05, 3.63) is 45.6 Å².